The van der Waals surface area contributed by atoms with Crippen LogP contribution in [0.4, 0.5) is 0 Å². The molecule has 4 rings (SSSR count). The summed E-state index contributed by atoms with van der Waals surface area (Å²) >= 11 is 1.63. The summed E-state index contributed by atoms with van der Waals surface area (Å²) in [7, 11) is 3.23. The Balaban J connectivity index is 1.73. The highest BCUT2D eigenvalue weighted by Crippen LogP contribution is 2.36. The van der Waals surface area contributed by atoms with Gasteiger partial charge < -0.3 is 9.47 Å². The molecule has 142 valence electrons. The summed E-state index contributed by atoms with van der Waals surface area (Å²) in [5.74, 6) is 1.25. The monoisotopic (exact) mass is 392 g/mol. The van der Waals surface area contributed by atoms with E-state index >= 15 is 0 Å². The maximum atomic E-state index is 13.3. The summed E-state index contributed by atoms with van der Waals surface area (Å²) < 4.78 is 10.6. The van der Waals surface area contributed by atoms with Gasteiger partial charge in [0, 0.05) is 12.0 Å². The number of ether oxygens (including phenoxy) is 2. The topological polar surface area (TPSA) is 51.1 Å². The van der Waals surface area contributed by atoms with Crippen LogP contribution < -0.4 is 9.47 Å². The normalized spacial score (nSPS) is 16.0. The van der Waals surface area contributed by atoms with Gasteiger partial charge >= 0.3 is 0 Å². The van der Waals surface area contributed by atoms with E-state index in [-0.39, 0.29) is 11.9 Å². The summed E-state index contributed by atoms with van der Waals surface area (Å²) in [5.41, 5.74) is 2.45. The predicted octanol–water partition coefficient (Wildman–Crippen LogP) is 4.76. The molecule has 0 aliphatic carbocycles. The lowest BCUT2D eigenvalue weighted by Crippen LogP contribution is -2.27. The third-order valence-corrected chi connectivity index (χ3v) is 5.64. The first-order chi connectivity index (χ1) is 13.7. The molecule has 5 nitrogen and oxygen atoms in total. The number of nitrogens with zero attached hydrogens (tertiary/aromatic N) is 2. The molecule has 6 heteroatoms. The van der Waals surface area contributed by atoms with Crippen molar-refractivity contribution in [1.29, 1.82) is 0 Å². The molecule has 0 saturated heterocycles. The lowest BCUT2D eigenvalue weighted by atomic mass is 10.0. The van der Waals surface area contributed by atoms with E-state index in [0.717, 1.165) is 21.9 Å². The number of benzene rings is 2. The van der Waals surface area contributed by atoms with Gasteiger partial charge in [-0.2, -0.15) is 5.10 Å². The lowest BCUT2D eigenvalue weighted by Gasteiger charge is -2.22. The van der Waals surface area contributed by atoms with Gasteiger partial charge in [0.25, 0.3) is 5.91 Å². The molecule has 1 aromatic heterocycles. The Morgan fingerprint density at radius 2 is 1.79 bits per heavy atom. The molecule has 0 spiro atoms. The number of rotatable bonds is 5. The van der Waals surface area contributed by atoms with Crippen molar-refractivity contribution < 1.29 is 14.3 Å². The third kappa shape index (κ3) is 3.51. The van der Waals surface area contributed by atoms with Gasteiger partial charge in [0.1, 0.15) is 11.5 Å². The Morgan fingerprint density at radius 3 is 2.50 bits per heavy atom. The quantitative estimate of drug-likeness (QED) is 0.629. The number of methoxy groups -OCH3 is 2. The second kappa shape index (κ2) is 7.86. The van der Waals surface area contributed by atoms with E-state index in [2.05, 4.69) is 0 Å². The highest BCUT2D eigenvalue weighted by molar-refractivity contribution is 7.12. The highest BCUT2D eigenvalue weighted by atomic mass is 32.1. The Kier molecular flexibility index (Phi) is 5.12. The van der Waals surface area contributed by atoms with Gasteiger partial charge in [-0.05, 0) is 47.3 Å². The predicted molar refractivity (Wildman–Crippen MR) is 110 cm³/mol. The van der Waals surface area contributed by atoms with Gasteiger partial charge in [0.05, 0.1) is 30.9 Å². The molecule has 1 aliphatic heterocycles. The number of hydrogen-bond acceptors (Lipinski definition) is 5. The Morgan fingerprint density at radius 1 is 1.04 bits per heavy atom. The average Bonchev–Trinajstić information content (AvgIpc) is 3.43. The smallest absolute Gasteiger partial charge is 0.274 e. The van der Waals surface area contributed by atoms with E-state index in [1.807, 2.05) is 53.9 Å². The maximum Gasteiger partial charge on any atom is 0.274 e. The first-order valence-electron chi connectivity index (χ1n) is 8.92. The van der Waals surface area contributed by atoms with Gasteiger partial charge in [0.2, 0.25) is 0 Å². The van der Waals surface area contributed by atoms with Crippen LogP contribution in [0.1, 0.15) is 33.3 Å². The van der Waals surface area contributed by atoms with Crippen LogP contribution in [-0.2, 0) is 0 Å². The molecular weight excluding hydrogens is 372 g/mol. The Bertz CT molecular complexity index is 1010. The van der Waals surface area contributed by atoms with Crippen LogP contribution in [0.2, 0.25) is 0 Å². The van der Waals surface area contributed by atoms with E-state index in [9.17, 15) is 4.79 Å². The number of hydrogen-bond donors (Lipinski definition) is 0. The number of carbonyl (C=O) groups is 1. The minimum Gasteiger partial charge on any atom is -0.497 e. The van der Waals surface area contributed by atoms with Crippen LogP contribution in [0.25, 0.3) is 0 Å². The average molecular weight is 392 g/mol. The van der Waals surface area contributed by atoms with Gasteiger partial charge in [-0.1, -0.05) is 24.3 Å². The number of amides is 1. The van der Waals surface area contributed by atoms with Crippen LogP contribution in [0.3, 0.4) is 0 Å². The van der Waals surface area contributed by atoms with Crippen molar-refractivity contribution in [3.8, 4) is 11.5 Å². The molecular formula is C22H20N2O3S. The number of thiophene rings is 1. The van der Waals surface area contributed by atoms with Gasteiger partial charge in [-0.25, -0.2) is 5.01 Å². The van der Waals surface area contributed by atoms with Gasteiger partial charge in [-0.15, -0.1) is 11.3 Å². The fourth-order valence-corrected chi connectivity index (χ4v) is 4.01. The summed E-state index contributed by atoms with van der Waals surface area (Å²) in [6.45, 7) is 0. The number of hydrazone groups is 1. The van der Waals surface area contributed by atoms with Crippen molar-refractivity contribution >= 4 is 23.0 Å². The fourth-order valence-electron chi connectivity index (χ4n) is 3.29. The first-order valence-corrected chi connectivity index (χ1v) is 9.80. The maximum absolute atomic E-state index is 13.3. The Labute approximate surface area is 167 Å². The molecule has 0 radical (unpaired) electrons. The molecule has 1 aliphatic rings. The second-order valence-electron chi connectivity index (χ2n) is 6.40. The van der Waals surface area contributed by atoms with Crippen molar-refractivity contribution in [2.24, 2.45) is 5.10 Å². The van der Waals surface area contributed by atoms with E-state index in [4.69, 9.17) is 14.6 Å². The zero-order valence-electron chi connectivity index (χ0n) is 15.7. The standard InChI is InChI=1S/C22H20N2O3S/c1-26-17-8-3-6-15(12-17)20-14-19(21-10-5-11-28-21)23-24(20)22(25)16-7-4-9-18(13-16)27-2/h3-13,20H,14H2,1-2H3/t20-/m0/s1. The van der Waals surface area contributed by atoms with Crippen LogP contribution >= 0.6 is 11.3 Å². The van der Waals surface area contributed by atoms with Crippen molar-refractivity contribution in [3.63, 3.8) is 0 Å². The Hall–Kier alpha value is -3.12. The molecule has 2 aromatic carbocycles. The first kappa shape index (κ1) is 18.3. The largest absolute Gasteiger partial charge is 0.497 e. The molecule has 0 unspecified atom stereocenters. The highest BCUT2D eigenvalue weighted by Gasteiger charge is 2.34. The molecule has 0 bridgehead atoms. The molecule has 0 fully saturated rings. The van der Waals surface area contributed by atoms with Crippen LogP contribution in [0.15, 0.2) is 71.1 Å². The molecule has 3 aromatic rings. The van der Waals surface area contributed by atoms with Gasteiger partial charge in [-0.3, -0.25) is 4.79 Å². The SMILES string of the molecule is COc1cccc(C(=O)N2N=C(c3cccs3)C[C@H]2c2cccc(OC)c2)c1. The van der Waals surface area contributed by atoms with Crippen LogP contribution in [-0.4, -0.2) is 30.8 Å². The van der Waals surface area contributed by atoms with E-state index in [0.29, 0.717) is 17.7 Å². The minimum absolute atomic E-state index is 0.154. The van der Waals surface area contributed by atoms with E-state index < -0.39 is 0 Å². The van der Waals surface area contributed by atoms with Crippen LogP contribution in [0, 0.1) is 0 Å². The molecule has 0 saturated carbocycles. The zero-order chi connectivity index (χ0) is 19.5. The molecule has 1 amide bonds. The van der Waals surface area contributed by atoms with Crippen molar-refractivity contribution in [1.82, 2.24) is 5.01 Å². The van der Waals surface area contributed by atoms with Gasteiger partial charge in [0.15, 0.2) is 0 Å². The molecule has 0 N–H and O–H groups in total. The van der Waals surface area contributed by atoms with E-state index in [1.54, 1.807) is 42.7 Å². The second-order valence-corrected chi connectivity index (χ2v) is 7.35. The molecule has 1 atom stereocenters. The lowest BCUT2D eigenvalue weighted by molar-refractivity contribution is 0.0710. The molecule has 2 heterocycles. The number of carbonyl (C=O) groups excluding carboxylic acids is 1. The molecule has 28 heavy (non-hydrogen) atoms. The third-order valence-electron chi connectivity index (χ3n) is 4.72. The zero-order valence-corrected chi connectivity index (χ0v) is 16.5. The van der Waals surface area contributed by atoms with E-state index in [1.165, 1.54) is 0 Å². The fraction of sp³-hybridized carbons (Fsp3) is 0.182. The van der Waals surface area contributed by atoms with Crippen molar-refractivity contribution in [3.05, 3.63) is 82.0 Å². The summed E-state index contributed by atoms with van der Waals surface area (Å²) in [5, 5.41) is 8.31. The summed E-state index contributed by atoms with van der Waals surface area (Å²) in [4.78, 5) is 14.4. The summed E-state index contributed by atoms with van der Waals surface area (Å²) in [6, 6.07) is 18.8. The minimum atomic E-state index is -0.189. The van der Waals surface area contributed by atoms with Crippen molar-refractivity contribution in [2.75, 3.05) is 14.2 Å². The van der Waals surface area contributed by atoms with Crippen molar-refractivity contribution in [2.45, 2.75) is 12.5 Å². The van der Waals surface area contributed by atoms with Crippen LogP contribution in [0.5, 0.6) is 11.5 Å². The summed E-state index contributed by atoms with van der Waals surface area (Å²) in [6.07, 6.45) is 0.656.